The Kier molecular flexibility index (Phi) is 6.06. The molecule has 2 heterocycles. The molecule has 1 saturated heterocycles. The molecule has 1 N–H and O–H groups in total. The molecule has 0 aliphatic carbocycles. The molecule has 7 nitrogen and oxygen atoms in total. The first-order chi connectivity index (χ1) is 17.0. The number of hydrogen-bond acceptors (Lipinski definition) is 5. The number of thioether (sulfide) groups is 1. The number of nitrogens with one attached hydrogen (secondary N) is 1. The highest BCUT2D eigenvalue weighted by Gasteiger charge is 2.59. The van der Waals surface area contributed by atoms with Crippen molar-refractivity contribution in [2.75, 3.05) is 36.7 Å². The van der Waals surface area contributed by atoms with Gasteiger partial charge in [-0.05, 0) is 48.4 Å². The SMILES string of the molecule is COc1cccc(NC(=O)N2CCS[C@]23C(=O)N(Cc2ccccc2C)c2ccc(OC)cc23)c1. The topological polar surface area (TPSA) is 71.1 Å². The number of methoxy groups -OCH3 is 2. The van der Waals surface area contributed by atoms with Crippen LogP contribution in [0.5, 0.6) is 11.5 Å². The number of carbonyl (C=O) groups is 2. The zero-order valence-corrected chi connectivity index (χ0v) is 20.7. The lowest BCUT2D eigenvalue weighted by Crippen LogP contribution is -2.51. The highest BCUT2D eigenvalue weighted by atomic mass is 32.2. The Morgan fingerprint density at radius 3 is 2.57 bits per heavy atom. The van der Waals surface area contributed by atoms with Crippen LogP contribution in [0.4, 0.5) is 16.2 Å². The van der Waals surface area contributed by atoms with Crippen LogP contribution in [-0.4, -0.2) is 43.4 Å². The summed E-state index contributed by atoms with van der Waals surface area (Å²) < 4.78 is 10.8. The predicted molar refractivity (Wildman–Crippen MR) is 138 cm³/mol. The van der Waals surface area contributed by atoms with Crippen LogP contribution in [0.2, 0.25) is 0 Å². The van der Waals surface area contributed by atoms with Crippen LogP contribution in [0.3, 0.4) is 0 Å². The van der Waals surface area contributed by atoms with Crippen molar-refractivity contribution in [1.82, 2.24) is 4.90 Å². The monoisotopic (exact) mass is 489 g/mol. The van der Waals surface area contributed by atoms with Crippen LogP contribution in [0.15, 0.2) is 66.7 Å². The third kappa shape index (κ3) is 3.87. The van der Waals surface area contributed by atoms with Gasteiger partial charge in [-0.3, -0.25) is 9.69 Å². The Bertz CT molecular complexity index is 1300. The Morgan fingerprint density at radius 1 is 1.03 bits per heavy atom. The van der Waals surface area contributed by atoms with Crippen molar-refractivity contribution in [1.29, 1.82) is 0 Å². The van der Waals surface area contributed by atoms with Crippen LogP contribution in [-0.2, 0) is 16.2 Å². The summed E-state index contributed by atoms with van der Waals surface area (Å²) in [5.41, 5.74) is 4.36. The van der Waals surface area contributed by atoms with Gasteiger partial charge in [-0.2, -0.15) is 0 Å². The van der Waals surface area contributed by atoms with Gasteiger partial charge in [0.25, 0.3) is 5.91 Å². The molecule has 1 spiro atoms. The molecule has 0 bridgehead atoms. The van der Waals surface area contributed by atoms with E-state index in [1.165, 1.54) is 11.8 Å². The number of aryl methyl sites for hydroxylation is 1. The summed E-state index contributed by atoms with van der Waals surface area (Å²) in [5.74, 6) is 1.82. The summed E-state index contributed by atoms with van der Waals surface area (Å²) in [6, 6.07) is 20.5. The molecule has 0 unspecified atom stereocenters. The number of hydrogen-bond donors (Lipinski definition) is 1. The Morgan fingerprint density at radius 2 is 1.80 bits per heavy atom. The van der Waals surface area contributed by atoms with Gasteiger partial charge in [-0.15, -0.1) is 11.8 Å². The normalized spacial score (nSPS) is 18.7. The molecule has 5 rings (SSSR count). The van der Waals surface area contributed by atoms with E-state index in [1.54, 1.807) is 36.2 Å². The molecule has 8 heteroatoms. The van der Waals surface area contributed by atoms with Gasteiger partial charge in [-0.25, -0.2) is 4.79 Å². The summed E-state index contributed by atoms with van der Waals surface area (Å²) in [7, 11) is 3.18. The number of nitrogens with zero attached hydrogens (tertiary/aromatic N) is 2. The second kappa shape index (κ2) is 9.19. The van der Waals surface area contributed by atoms with E-state index in [0.29, 0.717) is 36.0 Å². The van der Waals surface area contributed by atoms with Crippen molar-refractivity contribution in [2.24, 2.45) is 0 Å². The van der Waals surface area contributed by atoms with Crippen LogP contribution in [0, 0.1) is 6.92 Å². The van der Waals surface area contributed by atoms with E-state index in [1.807, 2.05) is 61.5 Å². The minimum atomic E-state index is -1.16. The number of rotatable bonds is 5. The molecule has 3 amide bonds. The van der Waals surface area contributed by atoms with E-state index in [9.17, 15) is 9.59 Å². The van der Waals surface area contributed by atoms with Crippen molar-refractivity contribution >= 4 is 35.1 Å². The largest absolute Gasteiger partial charge is 0.497 e. The third-order valence-corrected chi connectivity index (χ3v) is 7.98. The fraction of sp³-hybridized carbons (Fsp3) is 0.259. The van der Waals surface area contributed by atoms with Crippen molar-refractivity contribution < 1.29 is 19.1 Å². The first-order valence-corrected chi connectivity index (χ1v) is 12.4. The summed E-state index contributed by atoms with van der Waals surface area (Å²) >= 11 is 1.49. The summed E-state index contributed by atoms with van der Waals surface area (Å²) in [5, 5.41) is 2.96. The van der Waals surface area contributed by atoms with Crippen molar-refractivity contribution in [3.63, 3.8) is 0 Å². The minimum absolute atomic E-state index is 0.118. The standard InChI is InChI=1S/C27H27N3O4S/c1-18-7-4-5-8-19(18)17-29-24-12-11-22(34-3)16-23(24)27(25(29)31)30(13-14-35-27)26(32)28-20-9-6-10-21(15-20)33-2/h4-12,15-16H,13-14,17H2,1-3H3,(H,28,32)/t27-/m1/s1. The lowest BCUT2D eigenvalue weighted by molar-refractivity contribution is -0.123. The summed E-state index contributed by atoms with van der Waals surface area (Å²) in [6.07, 6.45) is 0. The average Bonchev–Trinajstić information content (AvgIpc) is 3.42. The van der Waals surface area contributed by atoms with E-state index in [2.05, 4.69) is 5.32 Å². The molecule has 3 aromatic rings. The van der Waals surface area contributed by atoms with Crippen LogP contribution in [0.1, 0.15) is 16.7 Å². The zero-order chi connectivity index (χ0) is 24.6. The number of amides is 3. The Hall–Kier alpha value is -3.65. The smallest absolute Gasteiger partial charge is 0.323 e. The number of benzene rings is 3. The van der Waals surface area contributed by atoms with Gasteiger partial charge < -0.3 is 19.7 Å². The van der Waals surface area contributed by atoms with E-state index < -0.39 is 4.87 Å². The van der Waals surface area contributed by atoms with E-state index in [4.69, 9.17) is 9.47 Å². The molecule has 2 aliphatic rings. The third-order valence-electron chi connectivity index (χ3n) is 6.56. The maximum Gasteiger partial charge on any atom is 0.323 e. The van der Waals surface area contributed by atoms with Gasteiger partial charge >= 0.3 is 6.03 Å². The lowest BCUT2D eigenvalue weighted by atomic mass is 10.1. The number of ether oxygens (including phenoxy) is 2. The quantitative estimate of drug-likeness (QED) is 0.547. The molecule has 0 saturated carbocycles. The van der Waals surface area contributed by atoms with Crippen molar-refractivity contribution in [3.8, 4) is 11.5 Å². The highest BCUT2D eigenvalue weighted by molar-refractivity contribution is 8.01. The first-order valence-electron chi connectivity index (χ1n) is 11.4. The van der Waals surface area contributed by atoms with E-state index in [-0.39, 0.29) is 11.9 Å². The minimum Gasteiger partial charge on any atom is -0.497 e. The molecule has 0 radical (unpaired) electrons. The highest BCUT2D eigenvalue weighted by Crippen LogP contribution is 2.55. The average molecular weight is 490 g/mol. The second-order valence-corrected chi connectivity index (χ2v) is 9.79. The summed E-state index contributed by atoms with van der Waals surface area (Å²) in [6.45, 7) is 2.92. The van der Waals surface area contributed by atoms with Gasteiger partial charge in [0.2, 0.25) is 0 Å². The first kappa shape index (κ1) is 23.1. The van der Waals surface area contributed by atoms with Crippen LogP contribution in [0.25, 0.3) is 0 Å². The molecular formula is C27H27N3O4S. The zero-order valence-electron chi connectivity index (χ0n) is 19.9. The van der Waals surface area contributed by atoms with Crippen LogP contribution >= 0.6 is 11.8 Å². The maximum atomic E-state index is 14.2. The predicted octanol–water partition coefficient (Wildman–Crippen LogP) is 4.99. The van der Waals surface area contributed by atoms with Crippen molar-refractivity contribution in [3.05, 3.63) is 83.4 Å². The van der Waals surface area contributed by atoms with Gasteiger partial charge in [0.15, 0.2) is 4.87 Å². The molecule has 35 heavy (non-hydrogen) atoms. The maximum absolute atomic E-state index is 14.2. The summed E-state index contributed by atoms with van der Waals surface area (Å²) in [4.78, 5) is 30.0. The molecule has 1 atom stereocenters. The molecule has 2 aliphatic heterocycles. The Labute approximate surface area is 209 Å². The number of fused-ring (bicyclic) bond motifs is 2. The fourth-order valence-corrected chi connectivity index (χ4v) is 6.18. The number of urea groups is 1. The number of anilines is 2. The van der Waals surface area contributed by atoms with Crippen LogP contribution < -0.4 is 19.7 Å². The van der Waals surface area contributed by atoms with Crippen molar-refractivity contribution in [2.45, 2.75) is 18.3 Å². The van der Waals surface area contributed by atoms with Gasteiger partial charge in [0.1, 0.15) is 11.5 Å². The Balaban J connectivity index is 1.54. The van der Waals surface area contributed by atoms with E-state index in [0.717, 1.165) is 22.4 Å². The fourth-order valence-electron chi connectivity index (χ4n) is 4.73. The van der Waals surface area contributed by atoms with Gasteiger partial charge in [0.05, 0.1) is 26.5 Å². The number of carbonyl (C=O) groups excluding carboxylic acids is 2. The second-order valence-electron chi connectivity index (χ2n) is 8.51. The van der Waals surface area contributed by atoms with E-state index >= 15 is 0 Å². The lowest BCUT2D eigenvalue weighted by Gasteiger charge is -2.33. The molecule has 180 valence electrons. The van der Waals surface area contributed by atoms with Gasteiger partial charge in [-0.1, -0.05) is 30.3 Å². The molecular weight excluding hydrogens is 462 g/mol. The molecule has 3 aromatic carbocycles. The molecule has 1 fully saturated rings. The van der Waals surface area contributed by atoms with Gasteiger partial charge in [0, 0.05) is 29.6 Å². The molecule has 0 aromatic heterocycles.